The van der Waals surface area contributed by atoms with Gasteiger partial charge in [0.1, 0.15) is 12.4 Å². The van der Waals surface area contributed by atoms with Crippen LogP contribution in [-0.2, 0) is 4.74 Å². The molecule has 0 saturated heterocycles. The maximum absolute atomic E-state index is 5.82. The van der Waals surface area contributed by atoms with E-state index in [-0.39, 0.29) is 0 Å². The lowest BCUT2D eigenvalue weighted by atomic mass is 10.3. The first-order chi connectivity index (χ1) is 6.75. The molecule has 0 fully saturated rings. The van der Waals surface area contributed by atoms with Crippen molar-refractivity contribution in [3.05, 3.63) is 23.2 Å². The van der Waals surface area contributed by atoms with E-state index in [1.54, 1.807) is 18.2 Å². The van der Waals surface area contributed by atoms with E-state index in [0.717, 1.165) is 0 Å². The van der Waals surface area contributed by atoms with E-state index in [4.69, 9.17) is 26.8 Å². The number of anilines is 1. The SMILES string of the molecule is CCOCCOc1cccc(Cl)c1N. The van der Waals surface area contributed by atoms with Crippen molar-refractivity contribution in [2.75, 3.05) is 25.6 Å². The van der Waals surface area contributed by atoms with Gasteiger partial charge in [0.05, 0.1) is 17.3 Å². The quantitative estimate of drug-likeness (QED) is 0.606. The second kappa shape index (κ2) is 5.73. The standard InChI is InChI=1S/C10H14ClNO2/c1-2-13-6-7-14-9-5-3-4-8(11)10(9)12/h3-5H,2,6-7,12H2,1H3. The van der Waals surface area contributed by atoms with Crippen LogP contribution in [-0.4, -0.2) is 19.8 Å². The van der Waals surface area contributed by atoms with Crippen LogP contribution in [0.15, 0.2) is 18.2 Å². The highest BCUT2D eigenvalue weighted by atomic mass is 35.5. The van der Waals surface area contributed by atoms with Crippen molar-refractivity contribution in [2.24, 2.45) is 0 Å². The van der Waals surface area contributed by atoms with Gasteiger partial charge in [0.2, 0.25) is 0 Å². The highest BCUT2D eigenvalue weighted by Gasteiger charge is 2.02. The second-order valence-electron chi connectivity index (χ2n) is 2.70. The fraction of sp³-hybridized carbons (Fsp3) is 0.400. The van der Waals surface area contributed by atoms with E-state index in [9.17, 15) is 0 Å². The molecule has 0 aromatic heterocycles. The second-order valence-corrected chi connectivity index (χ2v) is 3.10. The predicted octanol–water partition coefficient (Wildman–Crippen LogP) is 2.34. The van der Waals surface area contributed by atoms with E-state index >= 15 is 0 Å². The molecule has 0 spiro atoms. The zero-order valence-corrected chi connectivity index (χ0v) is 8.88. The van der Waals surface area contributed by atoms with Gasteiger partial charge in [-0.2, -0.15) is 0 Å². The third-order valence-corrected chi connectivity index (χ3v) is 2.03. The summed E-state index contributed by atoms with van der Waals surface area (Å²) in [5.41, 5.74) is 6.18. The number of hydrogen-bond donors (Lipinski definition) is 1. The zero-order valence-electron chi connectivity index (χ0n) is 8.13. The monoisotopic (exact) mass is 215 g/mol. The van der Waals surface area contributed by atoms with E-state index in [1.807, 2.05) is 6.92 Å². The molecule has 3 nitrogen and oxygen atoms in total. The Bertz CT molecular complexity index is 291. The molecule has 1 rings (SSSR count). The minimum atomic E-state index is 0.477. The summed E-state index contributed by atoms with van der Waals surface area (Å²) in [6.07, 6.45) is 0. The topological polar surface area (TPSA) is 44.5 Å². The molecule has 0 aliphatic rings. The molecular formula is C10H14ClNO2. The molecule has 0 atom stereocenters. The Balaban J connectivity index is 2.46. The van der Waals surface area contributed by atoms with Crippen LogP contribution in [0.25, 0.3) is 0 Å². The summed E-state index contributed by atoms with van der Waals surface area (Å²) in [7, 11) is 0. The third kappa shape index (κ3) is 3.09. The van der Waals surface area contributed by atoms with Crippen LogP contribution in [0.4, 0.5) is 5.69 Å². The number of benzene rings is 1. The van der Waals surface area contributed by atoms with Gasteiger partial charge in [-0.25, -0.2) is 0 Å². The Hall–Kier alpha value is -0.930. The van der Waals surface area contributed by atoms with Crippen molar-refractivity contribution in [3.8, 4) is 5.75 Å². The Morgan fingerprint density at radius 1 is 1.36 bits per heavy atom. The first kappa shape index (κ1) is 11.1. The fourth-order valence-electron chi connectivity index (χ4n) is 0.998. The average Bonchev–Trinajstić information content (AvgIpc) is 2.19. The van der Waals surface area contributed by atoms with Gasteiger partial charge >= 0.3 is 0 Å². The molecule has 1 aromatic rings. The van der Waals surface area contributed by atoms with Crippen LogP contribution >= 0.6 is 11.6 Å². The van der Waals surface area contributed by atoms with Crippen molar-refractivity contribution in [1.82, 2.24) is 0 Å². The van der Waals surface area contributed by atoms with Gasteiger partial charge in [-0.05, 0) is 19.1 Å². The predicted molar refractivity (Wildman–Crippen MR) is 57.9 cm³/mol. The molecule has 0 unspecified atom stereocenters. The molecule has 14 heavy (non-hydrogen) atoms. The molecular weight excluding hydrogens is 202 g/mol. The lowest BCUT2D eigenvalue weighted by Crippen LogP contribution is -2.07. The summed E-state index contributed by atoms with van der Waals surface area (Å²) < 4.78 is 10.5. The highest BCUT2D eigenvalue weighted by molar-refractivity contribution is 6.33. The number of hydrogen-bond acceptors (Lipinski definition) is 3. The number of nitrogens with two attached hydrogens (primary N) is 1. The normalized spacial score (nSPS) is 10.1. The maximum atomic E-state index is 5.82. The summed E-state index contributed by atoms with van der Waals surface area (Å²) in [4.78, 5) is 0. The smallest absolute Gasteiger partial charge is 0.143 e. The minimum Gasteiger partial charge on any atom is -0.489 e. The Kier molecular flexibility index (Phi) is 4.56. The molecule has 0 saturated carbocycles. The molecule has 0 radical (unpaired) electrons. The lowest BCUT2D eigenvalue weighted by Gasteiger charge is -2.09. The van der Waals surface area contributed by atoms with Gasteiger partial charge in [-0.15, -0.1) is 0 Å². The molecule has 2 N–H and O–H groups in total. The van der Waals surface area contributed by atoms with Crippen molar-refractivity contribution in [1.29, 1.82) is 0 Å². The number of halogens is 1. The van der Waals surface area contributed by atoms with E-state index in [0.29, 0.717) is 36.3 Å². The largest absolute Gasteiger partial charge is 0.489 e. The zero-order chi connectivity index (χ0) is 10.4. The fourth-order valence-corrected chi connectivity index (χ4v) is 1.16. The summed E-state index contributed by atoms with van der Waals surface area (Å²) >= 11 is 5.82. The Morgan fingerprint density at radius 2 is 2.14 bits per heavy atom. The number of rotatable bonds is 5. The molecule has 0 amide bonds. The van der Waals surface area contributed by atoms with Crippen LogP contribution in [0.5, 0.6) is 5.75 Å². The minimum absolute atomic E-state index is 0.477. The van der Waals surface area contributed by atoms with E-state index in [1.165, 1.54) is 0 Å². The number of nitrogen functional groups attached to an aromatic ring is 1. The van der Waals surface area contributed by atoms with Crippen LogP contribution in [0.3, 0.4) is 0 Å². The van der Waals surface area contributed by atoms with Crippen LogP contribution in [0.2, 0.25) is 5.02 Å². The van der Waals surface area contributed by atoms with Crippen LogP contribution in [0.1, 0.15) is 6.92 Å². The molecule has 4 heteroatoms. The highest BCUT2D eigenvalue weighted by Crippen LogP contribution is 2.28. The van der Waals surface area contributed by atoms with Crippen molar-refractivity contribution in [2.45, 2.75) is 6.92 Å². The first-order valence-electron chi connectivity index (χ1n) is 4.50. The van der Waals surface area contributed by atoms with Gasteiger partial charge < -0.3 is 15.2 Å². The summed E-state index contributed by atoms with van der Waals surface area (Å²) in [6.45, 7) is 3.67. The van der Waals surface area contributed by atoms with Crippen molar-refractivity contribution < 1.29 is 9.47 Å². The summed E-state index contributed by atoms with van der Waals surface area (Å²) in [5, 5.41) is 0.513. The molecule has 0 aliphatic carbocycles. The van der Waals surface area contributed by atoms with Gasteiger partial charge in [0.15, 0.2) is 0 Å². The van der Waals surface area contributed by atoms with E-state index < -0.39 is 0 Å². The molecule has 0 aliphatic heterocycles. The van der Waals surface area contributed by atoms with Gasteiger partial charge in [-0.1, -0.05) is 17.7 Å². The van der Waals surface area contributed by atoms with Crippen molar-refractivity contribution in [3.63, 3.8) is 0 Å². The van der Waals surface area contributed by atoms with Crippen LogP contribution < -0.4 is 10.5 Å². The summed E-state index contributed by atoms with van der Waals surface area (Å²) in [5.74, 6) is 0.609. The molecule has 0 bridgehead atoms. The molecule has 1 aromatic carbocycles. The molecule has 0 heterocycles. The number of ether oxygens (including phenoxy) is 2. The average molecular weight is 216 g/mol. The Labute approximate surface area is 88.8 Å². The van der Waals surface area contributed by atoms with Gasteiger partial charge in [-0.3, -0.25) is 0 Å². The van der Waals surface area contributed by atoms with Crippen LogP contribution in [0, 0.1) is 0 Å². The van der Waals surface area contributed by atoms with Gasteiger partial charge in [0, 0.05) is 6.61 Å². The summed E-state index contributed by atoms with van der Waals surface area (Å²) in [6, 6.07) is 5.31. The Morgan fingerprint density at radius 3 is 2.86 bits per heavy atom. The molecule has 78 valence electrons. The maximum Gasteiger partial charge on any atom is 0.143 e. The lowest BCUT2D eigenvalue weighted by molar-refractivity contribution is 0.110. The first-order valence-corrected chi connectivity index (χ1v) is 4.88. The van der Waals surface area contributed by atoms with Gasteiger partial charge in [0.25, 0.3) is 0 Å². The third-order valence-electron chi connectivity index (χ3n) is 1.70. The van der Waals surface area contributed by atoms with E-state index in [2.05, 4.69) is 0 Å². The number of para-hydroxylation sites is 1. The van der Waals surface area contributed by atoms with Crippen molar-refractivity contribution >= 4 is 17.3 Å².